The molecule has 2 rings (SSSR count). The monoisotopic (exact) mass is 295 g/mol. The van der Waals surface area contributed by atoms with E-state index in [1.165, 1.54) is 0 Å². The van der Waals surface area contributed by atoms with Gasteiger partial charge in [-0.1, -0.05) is 13.8 Å². The van der Waals surface area contributed by atoms with E-state index in [0.717, 1.165) is 58.5 Å². The van der Waals surface area contributed by atoms with Gasteiger partial charge in [0.2, 0.25) is 0 Å². The number of ether oxygens (including phenoxy) is 1. The first-order valence-electron chi connectivity index (χ1n) is 7.19. The molecule has 0 aliphatic carbocycles. The summed E-state index contributed by atoms with van der Waals surface area (Å²) in [6, 6.07) is 0. The SMILES string of the molecule is CCN(CC)CC1CSc2c(N)c(C)c(C)c(N)c2O1. The molecule has 0 spiro atoms. The number of fused-ring (bicyclic) bond motifs is 1. The molecule has 1 aromatic carbocycles. The molecule has 0 saturated carbocycles. The third-order valence-corrected chi connectivity index (χ3v) is 5.35. The first kappa shape index (κ1) is 15.3. The van der Waals surface area contributed by atoms with E-state index in [9.17, 15) is 0 Å². The van der Waals surface area contributed by atoms with Gasteiger partial charge in [-0.2, -0.15) is 0 Å². The zero-order valence-corrected chi connectivity index (χ0v) is 13.6. The van der Waals surface area contributed by atoms with Crippen LogP contribution >= 0.6 is 11.8 Å². The van der Waals surface area contributed by atoms with Gasteiger partial charge in [-0.15, -0.1) is 11.8 Å². The quantitative estimate of drug-likeness (QED) is 0.836. The van der Waals surface area contributed by atoms with Gasteiger partial charge in [0.1, 0.15) is 6.10 Å². The van der Waals surface area contributed by atoms with Crippen LogP contribution in [0.4, 0.5) is 11.4 Å². The van der Waals surface area contributed by atoms with Crippen LogP contribution < -0.4 is 16.2 Å². The number of hydrogen-bond acceptors (Lipinski definition) is 5. The summed E-state index contributed by atoms with van der Waals surface area (Å²) in [6.07, 6.45) is 0.177. The summed E-state index contributed by atoms with van der Waals surface area (Å²) < 4.78 is 6.15. The van der Waals surface area contributed by atoms with Crippen molar-refractivity contribution in [1.29, 1.82) is 0 Å². The molecule has 0 saturated heterocycles. The molecule has 1 atom stereocenters. The van der Waals surface area contributed by atoms with Crippen LogP contribution in [0.3, 0.4) is 0 Å². The fourth-order valence-corrected chi connectivity index (χ4v) is 3.61. The van der Waals surface area contributed by atoms with Gasteiger partial charge in [0.15, 0.2) is 5.75 Å². The number of nitrogens with two attached hydrogens (primary N) is 2. The number of benzene rings is 1. The van der Waals surface area contributed by atoms with Crippen molar-refractivity contribution < 1.29 is 4.74 Å². The summed E-state index contributed by atoms with van der Waals surface area (Å²) in [5.41, 5.74) is 16.1. The maximum Gasteiger partial charge on any atom is 0.158 e. The molecular formula is C15H25N3OS. The smallest absolute Gasteiger partial charge is 0.158 e. The molecule has 0 amide bonds. The van der Waals surface area contributed by atoms with E-state index < -0.39 is 0 Å². The Morgan fingerprint density at radius 1 is 1.15 bits per heavy atom. The minimum atomic E-state index is 0.177. The Labute approximate surface area is 125 Å². The van der Waals surface area contributed by atoms with Gasteiger partial charge in [-0.05, 0) is 38.1 Å². The molecule has 4 nitrogen and oxygen atoms in total. The molecule has 20 heavy (non-hydrogen) atoms. The molecule has 1 aliphatic rings. The number of likely N-dealkylation sites (N-methyl/N-ethyl adjacent to an activating group) is 1. The van der Waals surface area contributed by atoms with E-state index >= 15 is 0 Å². The number of thioether (sulfide) groups is 1. The minimum absolute atomic E-state index is 0.177. The van der Waals surface area contributed by atoms with Crippen molar-refractivity contribution in [3.05, 3.63) is 11.1 Å². The standard InChI is InChI=1S/C15H25N3OS/c1-5-18(6-2)7-11-8-20-15-13(17)10(4)9(3)12(16)14(15)19-11/h11H,5-8,16-17H2,1-4H3. The van der Waals surface area contributed by atoms with Gasteiger partial charge in [0.25, 0.3) is 0 Å². The lowest BCUT2D eigenvalue weighted by molar-refractivity contribution is 0.151. The number of anilines is 2. The molecule has 4 N–H and O–H groups in total. The molecule has 112 valence electrons. The predicted molar refractivity (Wildman–Crippen MR) is 87.7 cm³/mol. The highest BCUT2D eigenvalue weighted by molar-refractivity contribution is 7.99. The van der Waals surface area contributed by atoms with Gasteiger partial charge in [-0.3, -0.25) is 0 Å². The Balaban J connectivity index is 2.26. The van der Waals surface area contributed by atoms with Crippen molar-refractivity contribution in [3.63, 3.8) is 0 Å². The second kappa shape index (κ2) is 6.14. The Hall–Kier alpha value is -1.07. The molecule has 0 aromatic heterocycles. The molecule has 1 aliphatic heterocycles. The number of rotatable bonds is 4. The molecule has 5 heteroatoms. The van der Waals surface area contributed by atoms with Crippen molar-refractivity contribution in [2.75, 3.05) is 36.9 Å². The molecule has 1 heterocycles. The topological polar surface area (TPSA) is 64.5 Å². The largest absolute Gasteiger partial charge is 0.485 e. The van der Waals surface area contributed by atoms with E-state index in [1.807, 2.05) is 13.8 Å². The van der Waals surface area contributed by atoms with Gasteiger partial charge < -0.3 is 21.1 Å². The lowest BCUT2D eigenvalue weighted by Crippen LogP contribution is -2.38. The van der Waals surface area contributed by atoms with Crippen LogP contribution in [-0.4, -0.2) is 36.4 Å². The molecule has 1 aromatic rings. The van der Waals surface area contributed by atoms with Crippen LogP contribution in [0, 0.1) is 13.8 Å². The van der Waals surface area contributed by atoms with Gasteiger partial charge in [0.05, 0.1) is 16.3 Å². The van der Waals surface area contributed by atoms with Crippen molar-refractivity contribution in [2.45, 2.75) is 38.7 Å². The fourth-order valence-electron chi connectivity index (χ4n) is 2.49. The Morgan fingerprint density at radius 3 is 2.35 bits per heavy atom. The highest BCUT2D eigenvalue weighted by Gasteiger charge is 2.27. The second-order valence-electron chi connectivity index (χ2n) is 5.27. The van der Waals surface area contributed by atoms with Crippen LogP contribution in [0.25, 0.3) is 0 Å². The number of nitrogens with zero attached hydrogens (tertiary/aromatic N) is 1. The summed E-state index contributed by atoms with van der Waals surface area (Å²) in [5.74, 6) is 1.72. The molecule has 1 unspecified atom stereocenters. The average molecular weight is 295 g/mol. The van der Waals surface area contributed by atoms with Crippen LogP contribution in [0.15, 0.2) is 4.90 Å². The third-order valence-electron chi connectivity index (χ3n) is 4.12. The van der Waals surface area contributed by atoms with Crippen LogP contribution in [-0.2, 0) is 0 Å². The summed E-state index contributed by atoms with van der Waals surface area (Å²) in [6.45, 7) is 11.4. The summed E-state index contributed by atoms with van der Waals surface area (Å²) >= 11 is 1.77. The Bertz CT molecular complexity index is 501. The average Bonchev–Trinajstić information content (AvgIpc) is 2.48. The highest BCUT2D eigenvalue weighted by Crippen LogP contribution is 2.46. The summed E-state index contributed by atoms with van der Waals surface area (Å²) in [4.78, 5) is 3.39. The lowest BCUT2D eigenvalue weighted by Gasteiger charge is -2.32. The molecule has 0 bridgehead atoms. The lowest BCUT2D eigenvalue weighted by atomic mass is 10.0. The van der Waals surface area contributed by atoms with Gasteiger partial charge in [0, 0.05) is 12.3 Å². The van der Waals surface area contributed by atoms with E-state index in [1.54, 1.807) is 11.8 Å². The first-order chi connectivity index (χ1) is 9.49. The zero-order valence-electron chi connectivity index (χ0n) is 12.8. The summed E-state index contributed by atoms with van der Waals surface area (Å²) in [7, 11) is 0. The van der Waals surface area contributed by atoms with Crippen molar-refractivity contribution in [2.24, 2.45) is 0 Å². The number of nitrogen functional groups attached to an aromatic ring is 2. The van der Waals surface area contributed by atoms with E-state index in [-0.39, 0.29) is 6.10 Å². The molecule has 0 radical (unpaired) electrons. The van der Waals surface area contributed by atoms with Crippen LogP contribution in [0.5, 0.6) is 5.75 Å². The summed E-state index contributed by atoms with van der Waals surface area (Å²) in [5, 5.41) is 0. The van der Waals surface area contributed by atoms with Crippen LogP contribution in [0.2, 0.25) is 0 Å². The Kier molecular flexibility index (Phi) is 4.70. The van der Waals surface area contributed by atoms with Crippen molar-refractivity contribution >= 4 is 23.1 Å². The first-order valence-corrected chi connectivity index (χ1v) is 8.17. The zero-order chi connectivity index (χ0) is 14.9. The van der Waals surface area contributed by atoms with Crippen molar-refractivity contribution in [1.82, 2.24) is 4.90 Å². The molecule has 0 fully saturated rings. The second-order valence-corrected chi connectivity index (χ2v) is 6.30. The predicted octanol–water partition coefficient (Wildman–Crippen LogP) is 2.66. The maximum absolute atomic E-state index is 6.22. The van der Waals surface area contributed by atoms with Gasteiger partial charge in [-0.25, -0.2) is 0 Å². The maximum atomic E-state index is 6.22. The van der Waals surface area contributed by atoms with E-state index in [4.69, 9.17) is 16.2 Å². The molecular weight excluding hydrogens is 270 g/mol. The third kappa shape index (κ3) is 2.69. The van der Waals surface area contributed by atoms with Crippen LogP contribution in [0.1, 0.15) is 25.0 Å². The van der Waals surface area contributed by atoms with Gasteiger partial charge >= 0.3 is 0 Å². The Morgan fingerprint density at radius 2 is 1.75 bits per heavy atom. The fraction of sp³-hybridized carbons (Fsp3) is 0.600. The minimum Gasteiger partial charge on any atom is -0.485 e. The van der Waals surface area contributed by atoms with Crippen molar-refractivity contribution in [3.8, 4) is 5.75 Å². The highest BCUT2D eigenvalue weighted by atomic mass is 32.2. The normalized spacial score (nSPS) is 17.9. The van der Waals surface area contributed by atoms with E-state index in [0.29, 0.717) is 0 Å². The van der Waals surface area contributed by atoms with E-state index in [2.05, 4.69) is 18.7 Å². The number of hydrogen-bond donors (Lipinski definition) is 2.